The van der Waals surface area contributed by atoms with Gasteiger partial charge in [-0.1, -0.05) is 78.9 Å². The van der Waals surface area contributed by atoms with E-state index in [0.717, 1.165) is 29.3 Å². The van der Waals surface area contributed by atoms with Gasteiger partial charge in [-0.3, -0.25) is 4.79 Å². The zero-order chi connectivity index (χ0) is 38.9. The SMILES string of the molecule is COc1ccc2c(c1)[C@@H]1CC2N(C(=O)OCc2ccccc2)CC/C=C\C[C@H](N(C)S(=O)(=O)CCC(F)(F)F)C(=O)N[C@@H](Cc2ccccc2)[C@H](O)CN1. The lowest BCUT2D eigenvalue weighted by Crippen LogP contribution is -2.55. The van der Waals surface area contributed by atoms with Crippen molar-refractivity contribution in [2.45, 2.75) is 75.2 Å². The maximum Gasteiger partial charge on any atom is 0.410 e. The number of methoxy groups -OCH3 is 1. The van der Waals surface area contributed by atoms with Crippen LogP contribution in [-0.4, -0.2) is 92.1 Å². The molecule has 0 saturated carbocycles. The summed E-state index contributed by atoms with van der Waals surface area (Å²) in [6, 6.07) is 20.9. The molecule has 1 unspecified atom stereocenters. The van der Waals surface area contributed by atoms with Gasteiger partial charge in [0.1, 0.15) is 18.4 Å². The molecule has 0 spiro atoms. The van der Waals surface area contributed by atoms with Crippen molar-refractivity contribution in [1.82, 2.24) is 19.8 Å². The van der Waals surface area contributed by atoms with Crippen LogP contribution < -0.4 is 15.4 Å². The van der Waals surface area contributed by atoms with E-state index in [1.54, 1.807) is 24.2 Å². The van der Waals surface area contributed by atoms with Crippen LogP contribution >= 0.6 is 0 Å². The molecule has 1 aliphatic heterocycles. The minimum Gasteiger partial charge on any atom is -0.497 e. The number of sulfonamides is 1. The van der Waals surface area contributed by atoms with E-state index in [0.29, 0.717) is 22.9 Å². The largest absolute Gasteiger partial charge is 0.497 e. The third kappa shape index (κ3) is 10.8. The van der Waals surface area contributed by atoms with Crippen molar-refractivity contribution >= 4 is 22.0 Å². The number of likely N-dealkylation sites (N-methyl/N-ethyl adjacent to an activating group) is 1. The minimum absolute atomic E-state index is 0.00540. The number of rotatable bonds is 9. The fourth-order valence-electron chi connectivity index (χ4n) is 6.82. The molecule has 0 radical (unpaired) electrons. The molecule has 2 amide bonds. The van der Waals surface area contributed by atoms with Crippen molar-refractivity contribution in [3.63, 3.8) is 0 Å². The number of carbonyl (C=O) groups excluding carboxylic acids is 2. The molecule has 0 aromatic heterocycles. The molecule has 1 heterocycles. The van der Waals surface area contributed by atoms with Gasteiger partial charge in [0.2, 0.25) is 15.9 Å². The van der Waals surface area contributed by atoms with Crippen molar-refractivity contribution in [2.24, 2.45) is 0 Å². The van der Waals surface area contributed by atoms with Gasteiger partial charge in [0.05, 0.1) is 37.5 Å². The predicted molar refractivity (Wildman–Crippen MR) is 197 cm³/mol. The second-order valence-electron chi connectivity index (χ2n) is 13.5. The summed E-state index contributed by atoms with van der Waals surface area (Å²) in [5.74, 6) is -1.38. The summed E-state index contributed by atoms with van der Waals surface area (Å²) >= 11 is 0. The molecule has 0 saturated heterocycles. The summed E-state index contributed by atoms with van der Waals surface area (Å²) in [5.41, 5.74) is 3.36. The molecular formula is C39H47F3N4O7S. The van der Waals surface area contributed by atoms with E-state index in [2.05, 4.69) is 10.6 Å². The number of amides is 2. The minimum atomic E-state index is -4.72. The van der Waals surface area contributed by atoms with Gasteiger partial charge in [0.15, 0.2) is 0 Å². The van der Waals surface area contributed by atoms with Crippen LogP contribution in [0.15, 0.2) is 91.0 Å². The third-order valence-electron chi connectivity index (χ3n) is 9.85. The van der Waals surface area contributed by atoms with E-state index < -0.39 is 64.6 Å². The van der Waals surface area contributed by atoms with E-state index >= 15 is 0 Å². The molecule has 3 aromatic carbocycles. The number of ether oxygens (including phenoxy) is 2. The number of benzene rings is 3. The highest BCUT2D eigenvalue weighted by molar-refractivity contribution is 7.89. The molecule has 15 heteroatoms. The molecule has 1 aliphatic carbocycles. The number of carbonyl (C=O) groups is 2. The molecule has 2 aliphatic rings. The van der Waals surface area contributed by atoms with E-state index in [4.69, 9.17) is 9.47 Å². The second kappa shape index (κ2) is 18.3. The molecule has 5 rings (SSSR count). The summed E-state index contributed by atoms with van der Waals surface area (Å²) in [4.78, 5) is 29.4. The van der Waals surface area contributed by atoms with E-state index in [1.165, 1.54) is 0 Å². The topological polar surface area (TPSA) is 138 Å². The molecule has 54 heavy (non-hydrogen) atoms. The zero-order valence-electron chi connectivity index (χ0n) is 30.2. The first-order valence-electron chi connectivity index (χ1n) is 17.8. The van der Waals surface area contributed by atoms with Gasteiger partial charge in [-0.05, 0) is 60.1 Å². The summed E-state index contributed by atoms with van der Waals surface area (Å²) in [6.45, 7) is 0.247. The fourth-order valence-corrected chi connectivity index (χ4v) is 8.17. The highest BCUT2D eigenvalue weighted by atomic mass is 32.2. The van der Waals surface area contributed by atoms with Gasteiger partial charge in [-0.25, -0.2) is 13.2 Å². The monoisotopic (exact) mass is 772 g/mol. The summed E-state index contributed by atoms with van der Waals surface area (Å²) in [6.07, 6.45) is -3.97. The highest BCUT2D eigenvalue weighted by Gasteiger charge is 2.39. The van der Waals surface area contributed by atoms with Gasteiger partial charge >= 0.3 is 12.3 Å². The number of halogens is 3. The van der Waals surface area contributed by atoms with Crippen LogP contribution in [0.1, 0.15) is 60.0 Å². The van der Waals surface area contributed by atoms with E-state index in [9.17, 15) is 36.3 Å². The van der Waals surface area contributed by atoms with E-state index in [1.807, 2.05) is 78.9 Å². The standard InChI is InChI=1S/C39H47F3N4O7S/c1-45(54(50,51)21-19-39(40,41)42)34-16-10-5-11-20-46(38(49)53-26-28-14-8-4-9-15-28)35-24-32(31-23-29(52-2)17-18-30(31)35)43-25-36(47)33(44-37(34)48)22-27-12-6-3-7-13-27/h3-10,12-15,17-18,23,32-36,43,47H,11,16,19-22,24-26H2,1-2H3,(H,44,48)/b10-5-/t32-,33-,34-,35?,36+/m0/s1. The maximum atomic E-state index is 13.9. The van der Waals surface area contributed by atoms with Crippen molar-refractivity contribution in [2.75, 3.05) is 33.0 Å². The number of aliphatic hydroxyl groups excluding tert-OH is 1. The first-order valence-corrected chi connectivity index (χ1v) is 19.4. The van der Waals surface area contributed by atoms with Crippen molar-refractivity contribution < 1.29 is 45.8 Å². The molecule has 3 aromatic rings. The summed E-state index contributed by atoms with van der Waals surface area (Å²) < 4.78 is 77.4. The Kier molecular flexibility index (Phi) is 13.8. The van der Waals surface area contributed by atoms with Gasteiger partial charge in [-0.2, -0.15) is 17.5 Å². The average Bonchev–Trinajstić information content (AvgIpc) is 3.51. The quantitative estimate of drug-likeness (QED) is 0.245. The lowest BCUT2D eigenvalue weighted by atomic mass is 9.99. The highest BCUT2D eigenvalue weighted by Crippen LogP contribution is 2.44. The number of nitrogens with one attached hydrogen (secondary N) is 2. The van der Waals surface area contributed by atoms with Gasteiger partial charge in [0.25, 0.3) is 0 Å². The molecule has 292 valence electrons. The Morgan fingerprint density at radius 3 is 2.35 bits per heavy atom. The Bertz CT molecular complexity index is 1850. The van der Waals surface area contributed by atoms with Crippen LogP contribution in [0.3, 0.4) is 0 Å². The number of alkyl halides is 3. The first-order chi connectivity index (χ1) is 25.8. The fraction of sp³-hybridized carbons (Fsp3) is 0.436. The van der Waals surface area contributed by atoms with Crippen molar-refractivity contribution in [1.29, 1.82) is 0 Å². The Morgan fingerprint density at radius 2 is 1.69 bits per heavy atom. The number of hydrogen-bond acceptors (Lipinski definition) is 8. The van der Waals surface area contributed by atoms with Gasteiger partial charge in [-0.15, -0.1) is 0 Å². The van der Waals surface area contributed by atoms with Crippen LogP contribution in [0, 0.1) is 0 Å². The molecule has 5 atom stereocenters. The molecule has 3 N–H and O–H groups in total. The number of aliphatic hydroxyl groups is 1. The van der Waals surface area contributed by atoms with Crippen LogP contribution in [-0.2, 0) is 32.6 Å². The number of fused-ring (bicyclic) bond motifs is 5. The van der Waals surface area contributed by atoms with Gasteiger partial charge in [0, 0.05) is 26.2 Å². The molecule has 0 fully saturated rings. The number of hydrogen-bond donors (Lipinski definition) is 3. The second-order valence-corrected chi connectivity index (χ2v) is 15.7. The summed E-state index contributed by atoms with van der Waals surface area (Å²) in [5, 5.41) is 17.9. The Balaban J connectivity index is 1.48. The Morgan fingerprint density at radius 1 is 1.00 bits per heavy atom. The average molecular weight is 773 g/mol. The zero-order valence-corrected chi connectivity index (χ0v) is 31.1. The van der Waals surface area contributed by atoms with Crippen molar-refractivity contribution in [3.8, 4) is 5.75 Å². The normalized spacial score (nSPS) is 23.4. The third-order valence-corrected chi connectivity index (χ3v) is 11.7. The molecule has 2 bridgehead atoms. The van der Waals surface area contributed by atoms with Crippen LogP contribution in [0.4, 0.5) is 18.0 Å². The Labute approximate surface area is 314 Å². The number of β-amino-alcohol motifs (C(OH)–C–C–N with tert-alkyl or cyclic N) is 1. The van der Waals surface area contributed by atoms with Gasteiger partial charge < -0.3 is 30.1 Å². The lowest BCUT2D eigenvalue weighted by molar-refractivity contribution is -0.130. The van der Waals surface area contributed by atoms with E-state index in [-0.39, 0.29) is 38.6 Å². The predicted octanol–water partition coefficient (Wildman–Crippen LogP) is 5.43. The van der Waals surface area contributed by atoms with Crippen LogP contribution in [0.2, 0.25) is 0 Å². The lowest BCUT2D eigenvalue weighted by Gasteiger charge is -2.31. The maximum absolute atomic E-state index is 13.9. The smallest absolute Gasteiger partial charge is 0.410 e. The van der Waals surface area contributed by atoms with Crippen LogP contribution in [0.5, 0.6) is 5.75 Å². The molecular weight excluding hydrogens is 726 g/mol. The first kappa shape index (κ1) is 40.7. The van der Waals surface area contributed by atoms with Crippen LogP contribution in [0.25, 0.3) is 0 Å². The molecule has 11 nitrogen and oxygen atoms in total. The Hall–Kier alpha value is -4.44. The van der Waals surface area contributed by atoms with Crippen molar-refractivity contribution in [3.05, 3.63) is 113 Å². The number of nitrogens with zero attached hydrogens (tertiary/aromatic N) is 2. The summed E-state index contributed by atoms with van der Waals surface area (Å²) in [7, 11) is -1.89.